The molecule has 0 aromatic rings. The van der Waals surface area contributed by atoms with Gasteiger partial charge in [-0.05, 0) is 13.3 Å². The van der Waals surface area contributed by atoms with E-state index in [-0.39, 0.29) is 22.4 Å². The fraction of sp³-hybridized carbons (Fsp3) is 0.583. The Labute approximate surface area is 129 Å². The predicted octanol–water partition coefficient (Wildman–Crippen LogP) is 1.30. The summed E-state index contributed by atoms with van der Waals surface area (Å²) < 4.78 is 8.61. The molecule has 19 heavy (non-hydrogen) atoms. The zero-order valence-corrected chi connectivity index (χ0v) is 13.2. The summed E-state index contributed by atoms with van der Waals surface area (Å²) in [7, 11) is 0. The quantitative estimate of drug-likeness (QED) is 0.236. The molecule has 1 fully saturated rings. The summed E-state index contributed by atoms with van der Waals surface area (Å²) in [4.78, 5) is 22.8. The number of rotatable bonds is 4. The Morgan fingerprint density at radius 3 is 2.79 bits per heavy atom. The lowest BCUT2D eigenvalue weighted by molar-refractivity contribution is -0.144. The van der Waals surface area contributed by atoms with Crippen molar-refractivity contribution in [2.45, 2.75) is 27.3 Å². The van der Waals surface area contributed by atoms with Crippen LogP contribution in [0.2, 0.25) is 0 Å². The van der Waals surface area contributed by atoms with E-state index in [2.05, 4.69) is 22.6 Å². The third kappa shape index (κ3) is 3.77. The van der Waals surface area contributed by atoms with Gasteiger partial charge in [-0.2, -0.15) is 5.26 Å². The van der Waals surface area contributed by atoms with Gasteiger partial charge in [0.15, 0.2) is 0 Å². The van der Waals surface area contributed by atoms with E-state index in [0.29, 0.717) is 6.42 Å². The fourth-order valence-electron chi connectivity index (χ4n) is 1.62. The van der Waals surface area contributed by atoms with E-state index in [9.17, 15) is 14.9 Å². The number of hydrogen-bond acceptors (Lipinski definition) is 6. The van der Waals surface area contributed by atoms with E-state index >= 15 is 0 Å². The van der Waals surface area contributed by atoms with Crippen LogP contribution in [0.1, 0.15) is 13.3 Å². The summed E-state index contributed by atoms with van der Waals surface area (Å²) in [6, 6.07) is 2.03. The summed E-state index contributed by atoms with van der Waals surface area (Å²) >= 11 is 3.32. The van der Waals surface area contributed by atoms with Gasteiger partial charge in [0.25, 0.3) is 0 Å². The van der Waals surface area contributed by atoms with Crippen molar-refractivity contribution in [3.8, 4) is 18.4 Å². The number of thioether (sulfide) groups is 1. The summed E-state index contributed by atoms with van der Waals surface area (Å²) in [5.41, 5.74) is 0. The Morgan fingerprint density at radius 1 is 1.58 bits per heavy atom. The zero-order chi connectivity index (χ0) is 14.5. The number of ether oxygens (including phenoxy) is 2. The molecule has 1 rings (SSSR count). The molecule has 1 saturated heterocycles. The molecule has 0 amide bonds. The van der Waals surface area contributed by atoms with Crippen LogP contribution >= 0.6 is 34.4 Å². The molecule has 1 aliphatic rings. The summed E-state index contributed by atoms with van der Waals surface area (Å²) in [5.74, 6) is 0.579. The minimum absolute atomic E-state index is 0.0252. The first-order valence-electron chi connectivity index (χ1n) is 5.52. The molecule has 0 spiro atoms. The molecule has 0 unspecified atom stereocenters. The van der Waals surface area contributed by atoms with Crippen LogP contribution in [0, 0.1) is 23.7 Å². The number of alkyl halides is 1. The van der Waals surface area contributed by atoms with E-state index < -0.39 is 16.7 Å². The lowest BCUT2D eigenvalue weighted by atomic mass is 10.0. The number of carbonyl (C=O) groups excluding carboxylic acids is 2. The monoisotopic (exact) mass is 393 g/mol. The zero-order valence-electron chi connectivity index (χ0n) is 10.2. The largest absolute Gasteiger partial charge is 0.464 e. The molecule has 3 atom stereocenters. The minimum atomic E-state index is -1.21. The number of hydrogen-bond donors (Lipinski definition) is 0. The highest BCUT2D eigenvalue weighted by Gasteiger charge is 2.52. The lowest BCUT2D eigenvalue weighted by Gasteiger charge is -2.17. The van der Waals surface area contributed by atoms with Crippen LogP contribution in [0.5, 0.6) is 0 Å². The summed E-state index contributed by atoms with van der Waals surface area (Å²) in [6.07, 6.45) is 5.27. The van der Waals surface area contributed by atoms with Gasteiger partial charge in [0.2, 0.25) is 4.75 Å². The van der Waals surface area contributed by atoms with Gasteiger partial charge in [0.05, 0.1) is 17.9 Å². The van der Waals surface area contributed by atoms with Crippen LogP contribution in [0.25, 0.3) is 0 Å². The SMILES string of the molecule is C#CC(=O)OC[C@@H]1S[C@@](C#N)(C(=O)OCC)C[C@@H]1I. The van der Waals surface area contributed by atoms with Gasteiger partial charge in [-0.15, -0.1) is 18.2 Å². The summed E-state index contributed by atoms with van der Waals surface area (Å²) in [5, 5.41) is 9.11. The first kappa shape index (κ1) is 16.1. The first-order chi connectivity index (χ1) is 8.99. The molecule has 0 radical (unpaired) electrons. The molecule has 0 saturated carbocycles. The van der Waals surface area contributed by atoms with E-state index in [1.807, 2.05) is 12.0 Å². The molecule has 0 bridgehead atoms. The first-order valence-corrected chi connectivity index (χ1v) is 7.65. The number of terminal acetylenes is 1. The topological polar surface area (TPSA) is 76.4 Å². The van der Waals surface area contributed by atoms with Gasteiger partial charge in [0.1, 0.15) is 6.61 Å². The van der Waals surface area contributed by atoms with Gasteiger partial charge < -0.3 is 9.47 Å². The Kier molecular flexibility index (Phi) is 5.95. The van der Waals surface area contributed by atoms with Crippen molar-refractivity contribution in [1.82, 2.24) is 0 Å². The third-order valence-electron chi connectivity index (χ3n) is 2.52. The molecule has 0 aromatic carbocycles. The van der Waals surface area contributed by atoms with Crippen molar-refractivity contribution in [2.75, 3.05) is 13.2 Å². The van der Waals surface area contributed by atoms with Crippen LogP contribution in [-0.4, -0.2) is 39.1 Å². The maximum atomic E-state index is 11.9. The molecule has 0 N–H and O–H groups in total. The number of nitriles is 1. The smallest absolute Gasteiger partial charge is 0.384 e. The number of halogens is 1. The molecule has 0 aromatic heterocycles. The Morgan fingerprint density at radius 2 is 2.26 bits per heavy atom. The molecule has 1 heterocycles. The Hall–Kier alpha value is -0.930. The van der Waals surface area contributed by atoms with Crippen LogP contribution in [0.15, 0.2) is 0 Å². The Bertz CT molecular complexity index is 456. The van der Waals surface area contributed by atoms with E-state index in [0.717, 1.165) is 0 Å². The van der Waals surface area contributed by atoms with Crippen molar-refractivity contribution in [1.29, 1.82) is 5.26 Å². The van der Waals surface area contributed by atoms with Crippen molar-refractivity contribution < 1.29 is 19.1 Å². The Balaban J connectivity index is 2.71. The van der Waals surface area contributed by atoms with Gasteiger partial charge in [-0.3, -0.25) is 0 Å². The van der Waals surface area contributed by atoms with Crippen molar-refractivity contribution in [3.05, 3.63) is 0 Å². The normalized spacial score (nSPS) is 29.1. The highest BCUT2D eigenvalue weighted by Crippen LogP contribution is 2.47. The molecule has 102 valence electrons. The van der Waals surface area contributed by atoms with Crippen LogP contribution < -0.4 is 0 Å². The van der Waals surface area contributed by atoms with Gasteiger partial charge in [-0.1, -0.05) is 22.6 Å². The van der Waals surface area contributed by atoms with Crippen molar-refractivity contribution >= 4 is 46.3 Å². The van der Waals surface area contributed by atoms with Gasteiger partial charge in [0, 0.05) is 9.85 Å². The fourth-order valence-corrected chi connectivity index (χ4v) is 4.61. The second-order valence-corrected chi connectivity index (χ2v) is 6.92. The van der Waals surface area contributed by atoms with Gasteiger partial charge >= 0.3 is 11.9 Å². The standard InChI is InChI=1S/C12H12INO4S/c1-3-10(15)18-6-9-8(13)5-12(7-14,19-9)11(16)17-4-2/h1,8-9H,4-6H2,2H3/t8-,9-,12-/m0/s1. The van der Waals surface area contributed by atoms with E-state index in [1.54, 1.807) is 6.92 Å². The third-order valence-corrected chi connectivity index (χ3v) is 5.91. The van der Waals surface area contributed by atoms with E-state index in [4.69, 9.17) is 15.9 Å². The van der Waals surface area contributed by atoms with Crippen molar-refractivity contribution in [2.24, 2.45) is 0 Å². The molecular weight excluding hydrogens is 381 g/mol. The maximum absolute atomic E-state index is 11.9. The lowest BCUT2D eigenvalue weighted by Crippen LogP contribution is -2.33. The van der Waals surface area contributed by atoms with E-state index in [1.165, 1.54) is 11.8 Å². The highest BCUT2D eigenvalue weighted by molar-refractivity contribution is 14.1. The van der Waals surface area contributed by atoms with Crippen molar-refractivity contribution in [3.63, 3.8) is 0 Å². The maximum Gasteiger partial charge on any atom is 0.384 e. The molecule has 0 aliphatic carbocycles. The average Bonchev–Trinajstić information content (AvgIpc) is 2.74. The number of carbonyl (C=O) groups is 2. The molecule has 5 nitrogen and oxygen atoms in total. The second-order valence-electron chi connectivity index (χ2n) is 3.78. The van der Waals surface area contributed by atoms with Gasteiger partial charge in [-0.25, -0.2) is 9.59 Å². The van der Waals surface area contributed by atoms with Crippen LogP contribution in [-0.2, 0) is 19.1 Å². The van der Waals surface area contributed by atoms with Crippen LogP contribution in [0.3, 0.4) is 0 Å². The number of nitrogens with zero attached hydrogens (tertiary/aromatic N) is 1. The highest BCUT2D eigenvalue weighted by atomic mass is 127. The second kappa shape index (κ2) is 7.01. The predicted molar refractivity (Wildman–Crippen MR) is 78.6 cm³/mol. The number of esters is 2. The molecular formula is C12H12INO4S. The molecule has 7 heteroatoms. The minimum Gasteiger partial charge on any atom is -0.464 e. The average molecular weight is 393 g/mol. The molecule has 1 aliphatic heterocycles. The van der Waals surface area contributed by atoms with Crippen LogP contribution in [0.4, 0.5) is 0 Å². The summed E-state index contributed by atoms with van der Waals surface area (Å²) in [6.45, 7) is 2.01.